The number of fused-ring (bicyclic) bond motifs is 5. The van der Waals surface area contributed by atoms with Crippen LogP contribution in [0.3, 0.4) is 0 Å². The van der Waals surface area contributed by atoms with Crippen LogP contribution in [0.15, 0.2) is 11.1 Å². The average Bonchev–Trinajstić information content (AvgIpc) is 3.04. The molecule has 2 saturated heterocycles. The summed E-state index contributed by atoms with van der Waals surface area (Å²) in [6.07, 6.45) is -3.94. The summed E-state index contributed by atoms with van der Waals surface area (Å²) in [5.41, 5.74) is -4.19. The lowest BCUT2D eigenvalue weighted by Gasteiger charge is -2.66. The van der Waals surface area contributed by atoms with Gasteiger partial charge in [0.1, 0.15) is 11.7 Å². The van der Waals surface area contributed by atoms with Gasteiger partial charge in [0.05, 0.1) is 19.1 Å². The van der Waals surface area contributed by atoms with E-state index in [-0.39, 0.29) is 18.8 Å². The fraction of sp³-hybridized carbons (Fsp3) is 0.760. The molecule has 2 saturated carbocycles. The fourth-order valence-corrected chi connectivity index (χ4v) is 7.66. The molecule has 35 heavy (non-hydrogen) atoms. The summed E-state index contributed by atoms with van der Waals surface area (Å²) in [5, 5.41) is 11.9. The van der Waals surface area contributed by atoms with E-state index < -0.39 is 70.5 Å². The minimum absolute atomic E-state index is 0.0107. The highest BCUT2D eigenvalue weighted by atomic mass is 16.8. The molecule has 0 aromatic rings. The van der Waals surface area contributed by atoms with Crippen LogP contribution >= 0.6 is 0 Å². The van der Waals surface area contributed by atoms with Crippen LogP contribution in [0.2, 0.25) is 0 Å². The van der Waals surface area contributed by atoms with Gasteiger partial charge < -0.3 is 28.8 Å². The predicted octanol–water partition coefficient (Wildman–Crippen LogP) is 2.00. The molecule has 2 bridgehead atoms. The molecular formula is C25H32O10. The van der Waals surface area contributed by atoms with Crippen LogP contribution < -0.4 is 0 Å². The Morgan fingerprint density at radius 1 is 1.09 bits per heavy atom. The zero-order chi connectivity index (χ0) is 25.7. The van der Waals surface area contributed by atoms with Gasteiger partial charge in [-0.1, -0.05) is 20.8 Å². The van der Waals surface area contributed by atoms with Gasteiger partial charge in [-0.2, -0.15) is 0 Å². The normalized spacial score (nSPS) is 45.4. The molecular weight excluding hydrogens is 460 g/mol. The van der Waals surface area contributed by atoms with Crippen molar-refractivity contribution in [1.82, 2.24) is 0 Å². The standard InChI is InChI=1S/C25H32O10/c1-11-14(28)9-25-20(34-21(29)35-25)18-23(6,8-7-15-24(18,30)10-31-15)19(33-13(3)27)17(32-12(2)26)16(11)22(25,4)5/h15,17-20,30H,7-10H2,1-6H3/t15?,17-,18+,19+,20+,23-,24+,25-/m1/s1. The van der Waals surface area contributed by atoms with Gasteiger partial charge in [-0.05, 0) is 30.9 Å². The van der Waals surface area contributed by atoms with E-state index in [4.69, 9.17) is 23.7 Å². The summed E-state index contributed by atoms with van der Waals surface area (Å²) in [7, 11) is 0. The number of carbonyl (C=O) groups is 4. The molecule has 1 spiro atoms. The number of rotatable bonds is 2. The molecule has 4 fully saturated rings. The molecule has 0 aromatic carbocycles. The van der Waals surface area contributed by atoms with E-state index in [1.54, 1.807) is 20.8 Å². The molecule has 8 atom stereocenters. The Balaban J connectivity index is 1.85. The lowest BCUT2D eigenvalue weighted by atomic mass is 9.45. The lowest BCUT2D eigenvalue weighted by Crippen LogP contribution is -2.78. The Kier molecular flexibility index (Phi) is 5.05. The number of esters is 2. The summed E-state index contributed by atoms with van der Waals surface area (Å²) in [5.74, 6) is -2.35. The van der Waals surface area contributed by atoms with E-state index >= 15 is 0 Å². The van der Waals surface area contributed by atoms with Gasteiger partial charge in [-0.15, -0.1) is 0 Å². The quantitative estimate of drug-likeness (QED) is 0.450. The largest absolute Gasteiger partial charge is 0.509 e. The zero-order valence-corrected chi connectivity index (χ0v) is 20.8. The first-order valence-corrected chi connectivity index (χ1v) is 12.0. The number of ketones is 1. The summed E-state index contributed by atoms with van der Waals surface area (Å²) < 4.78 is 29.2. The number of hydrogen-bond donors (Lipinski definition) is 1. The van der Waals surface area contributed by atoms with Crippen molar-refractivity contribution in [1.29, 1.82) is 0 Å². The zero-order valence-electron chi connectivity index (χ0n) is 20.8. The van der Waals surface area contributed by atoms with Gasteiger partial charge in [-0.25, -0.2) is 4.79 Å². The van der Waals surface area contributed by atoms with Crippen molar-refractivity contribution in [2.45, 2.75) is 96.4 Å². The van der Waals surface area contributed by atoms with Crippen LogP contribution in [-0.4, -0.2) is 71.2 Å². The Labute approximate surface area is 203 Å². The van der Waals surface area contributed by atoms with E-state index in [2.05, 4.69) is 0 Å². The van der Waals surface area contributed by atoms with Crippen molar-refractivity contribution in [3.63, 3.8) is 0 Å². The fourth-order valence-electron chi connectivity index (χ4n) is 7.66. The van der Waals surface area contributed by atoms with Gasteiger partial charge in [0.2, 0.25) is 0 Å². The topological polar surface area (TPSA) is 135 Å². The van der Waals surface area contributed by atoms with E-state index in [1.807, 2.05) is 6.92 Å². The number of carbonyl (C=O) groups excluding carboxylic acids is 4. The maximum absolute atomic E-state index is 13.4. The molecule has 2 heterocycles. The number of Topliss-reactive ketones (excluding diaryl/α,β-unsaturated/α-hetero) is 1. The SMILES string of the molecule is CC(=O)O[C@@H]1C2=C(C)C(=O)C[C@]3(OC(=O)O[C@H]3[C@H]3[C@@](C)(CCC4OC[C@]43O)[C@H]1OC(C)=O)C2(C)C. The Morgan fingerprint density at radius 3 is 2.31 bits per heavy atom. The van der Waals surface area contributed by atoms with Crippen molar-refractivity contribution in [2.75, 3.05) is 6.61 Å². The van der Waals surface area contributed by atoms with E-state index in [0.29, 0.717) is 24.0 Å². The van der Waals surface area contributed by atoms with Crippen molar-refractivity contribution in [3.8, 4) is 0 Å². The van der Waals surface area contributed by atoms with Crippen LogP contribution in [-0.2, 0) is 38.1 Å². The number of allylic oxidation sites excluding steroid dienone is 1. The molecule has 2 aliphatic heterocycles. The maximum atomic E-state index is 13.4. The highest BCUT2D eigenvalue weighted by Gasteiger charge is 2.78. The summed E-state index contributed by atoms with van der Waals surface area (Å²) in [4.78, 5) is 51.0. The molecule has 10 heteroatoms. The van der Waals surface area contributed by atoms with Gasteiger partial charge in [-0.3, -0.25) is 14.4 Å². The van der Waals surface area contributed by atoms with E-state index in [0.717, 1.165) is 0 Å². The first-order valence-electron chi connectivity index (χ1n) is 12.0. The highest BCUT2D eigenvalue weighted by molar-refractivity contribution is 5.99. The maximum Gasteiger partial charge on any atom is 0.509 e. The molecule has 5 rings (SSSR count). The molecule has 0 aromatic heterocycles. The molecule has 192 valence electrons. The number of ether oxygens (including phenoxy) is 5. The molecule has 10 nitrogen and oxygen atoms in total. The van der Waals surface area contributed by atoms with Crippen LogP contribution in [0, 0.1) is 16.7 Å². The number of aliphatic hydroxyl groups is 1. The Morgan fingerprint density at radius 2 is 1.74 bits per heavy atom. The second-order valence-corrected chi connectivity index (χ2v) is 11.4. The monoisotopic (exact) mass is 492 g/mol. The van der Waals surface area contributed by atoms with Crippen LogP contribution in [0.4, 0.5) is 4.79 Å². The van der Waals surface area contributed by atoms with Crippen molar-refractivity contribution in [3.05, 3.63) is 11.1 Å². The molecule has 3 aliphatic carbocycles. The van der Waals surface area contributed by atoms with Crippen LogP contribution in [0.1, 0.15) is 60.8 Å². The van der Waals surface area contributed by atoms with Crippen molar-refractivity contribution in [2.24, 2.45) is 16.7 Å². The molecule has 5 aliphatic rings. The first-order chi connectivity index (χ1) is 16.2. The van der Waals surface area contributed by atoms with E-state index in [9.17, 15) is 24.3 Å². The molecule has 0 radical (unpaired) electrons. The number of hydrogen-bond acceptors (Lipinski definition) is 10. The van der Waals surface area contributed by atoms with Crippen LogP contribution in [0.5, 0.6) is 0 Å². The van der Waals surface area contributed by atoms with Crippen molar-refractivity contribution < 1.29 is 48.0 Å². The third kappa shape index (κ3) is 2.95. The average molecular weight is 493 g/mol. The summed E-state index contributed by atoms with van der Waals surface area (Å²) >= 11 is 0. The third-order valence-corrected chi connectivity index (χ3v) is 9.29. The molecule has 1 unspecified atom stereocenters. The second-order valence-electron chi connectivity index (χ2n) is 11.4. The van der Waals surface area contributed by atoms with E-state index in [1.165, 1.54) is 13.8 Å². The third-order valence-electron chi connectivity index (χ3n) is 9.29. The Bertz CT molecular complexity index is 1060. The summed E-state index contributed by atoms with van der Waals surface area (Å²) in [6, 6.07) is 0. The van der Waals surface area contributed by atoms with Gasteiger partial charge in [0.25, 0.3) is 0 Å². The second kappa shape index (κ2) is 7.29. The van der Waals surface area contributed by atoms with Crippen molar-refractivity contribution >= 4 is 23.9 Å². The smallest absolute Gasteiger partial charge is 0.458 e. The van der Waals surface area contributed by atoms with Gasteiger partial charge in [0.15, 0.2) is 23.6 Å². The lowest BCUT2D eigenvalue weighted by molar-refractivity contribution is -0.335. The van der Waals surface area contributed by atoms with Crippen LogP contribution in [0.25, 0.3) is 0 Å². The first kappa shape index (κ1) is 24.2. The highest BCUT2D eigenvalue weighted by Crippen LogP contribution is 2.66. The predicted molar refractivity (Wildman–Crippen MR) is 117 cm³/mol. The minimum Gasteiger partial charge on any atom is -0.458 e. The van der Waals surface area contributed by atoms with Gasteiger partial charge >= 0.3 is 18.1 Å². The van der Waals surface area contributed by atoms with Gasteiger partial charge in [0, 0.05) is 30.6 Å². The molecule has 0 amide bonds. The Hall–Kier alpha value is -2.46. The molecule has 1 N–H and O–H groups in total. The minimum atomic E-state index is -1.46. The summed E-state index contributed by atoms with van der Waals surface area (Å²) in [6.45, 7) is 9.60.